The molecule has 0 aliphatic rings. The number of fused-ring (bicyclic) bond motifs is 1. The molecule has 4 aromatic heterocycles. The number of rotatable bonds is 3. The van der Waals surface area contributed by atoms with Gasteiger partial charge in [-0.25, -0.2) is 4.98 Å². The molecule has 202 valence electrons. The summed E-state index contributed by atoms with van der Waals surface area (Å²) in [7, 11) is 0. The first kappa shape index (κ1) is 31.5. The van der Waals surface area contributed by atoms with Crippen molar-refractivity contribution in [1.29, 1.82) is 0 Å². The number of halogens is 1. The molecule has 0 saturated carbocycles. The second kappa shape index (κ2) is 16.9. The van der Waals surface area contributed by atoms with Gasteiger partial charge in [-0.15, -0.1) is 71.8 Å². The maximum Gasteiger partial charge on any atom is 3.00 e. The standard InChI is InChI=1S/C12H9N3.2C11H8N.HI.Ir/c1-2-6-10-9(5-1)14-12(15-10)11-7-3-4-8-13-11;2*1-2-6-10(7-3-1)11-8-4-5-9-12-11;;/h1-8H,(H,14,15);2*1-6,8-9H;1H;/q;2*-1;;+3/p-1. The maximum atomic E-state index is 4.46. The average molecular weight is 823 g/mol. The number of hydrogen-bond acceptors (Lipinski definition) is 4. The van der Waals surface area contributed by atoms with E-state index in [0.29, 0.717) is 0 Å². The van der Waals surface area contributed by atoms with Gasteiger partial charge in [-0.05, 0) is 47.8 Å². The molecular weight excluding hydrogens is 798 g/mol. The van der Waals surface area contributed by atoms with Crippen LogP contribution in [0.3, 0.4) is 0 Å². The molecule has 0 radical (unpaired) electrons. The van der Waals surface area contributed by atoms with Gasteiger partial charge in [-0.2, -0.15) is 0 Å². The Labute approximate surface area is 270 Å². The topological polar surface area (TPSA) is 67.3 Å². The van der Waals surface area contributed by atoms with Crippen LogP contribution in [0.4, 0.5) is 0 Å². The largest absolute Gasteiger partial charge is 3.00 e. The molecule has 3 aromatic carbocycles. The van der Waals surface area contributed by atoms with E-state index in [4.69, 9.17) is 0 Å². The number of nitrogens with zero attached hydrogens (tertiary/aromatic N) is 4. The van der Waals surface area contributed by atoms with Crippen molar-refractivity contribution in [2.24, 2.45) is 0 Å². The van der Waals surface area contributed by atoms with Crippen molar-refractivity contribution in [1.82, 2.24) is 24.9 Å². The van der Waals surface area contributed by atoms with E-state index in [9.17, 15) is 0 Å². The summed E-state index contributed by atoms with van der Waals surface area (Å²) in [5.74, 6) is 0.816. The summed E-state index contributed by atoms with van der Waals surface area (Å²) in [6.45, 7) is 0. The van der Waals surface area contributed by atoms with Gasteiger partial charge in [0, 0.05) is 18.6 Å². The van der Waals surface area contributed by atoms with E-state index in [-0.39, 0.29) is 44.1 Å². The quantitative estimate of drug-likeness (QED) is 0.207. The van der Waals surface area contributed by atoms with E-state index in [1.165, 1.54) is 0 Å². The van der Waals surface area contributed by atoms with Gasteiger partial charge in [0.1, 0.15) is 5.69 Å². The molecular formula is C34H25IIrN5. The van der Waals surface area contributed by atoms with Crippen LogP contribution in [0.2, 0.25) is 0 Å². The third-order valence-electron chi connectivity index (χ3n) is 5.60. The van der Waals surface area contributed by atoms with Crippen LogP contribution in [0.25, 0.3) is 45.1 Å². The number of para-hydroxylation sites is 2. The zero-order valence-corrected chi connectivity index (χ0v) is 26.4. The van der Waals surface area contributed by atoms with Crippen molar-refractivity contribution in [3.05, 3.63) is 158 Å². The van der Waals surface area contributed by atoms with Crippen LogP contribution >= 0.6 is 0 Å². The van der Waals surface area contributed by atoms with Gasteiger partial charge >= 0.3 is 20.1 Å². The number of nitrogens with one attached hydrogen (secondary N) is 1. The SMILES string of the molecule is [I-].[Ir+3].[c-]1ccccc1-c1ccccn1.[c-]1ccccc1-c1ccccn1.c1ccc(-c2nc3ccccc3[nH]2)nc1. The molecule has 7 heteroatoms. The fraction of sp³-hybridized carbons (Fsp3) is 0. The van der Waals surface area contributed by atoms with Crippen LogP contribution in [-0.2, 0) is 20.1 Å². The molecule has 7 aromatic rings. The predicted molar refractivity (Wildman–Crippen MR) is 156 cm³/mol. The van der Waals surface area contributed by atoms with E-state index in [0.717, 1.165) is 45.1 Å². The summed E-state index contributed by atoms with van der Waals surface area (Å²) < 4.78 is 0. The monoisotopic (exact) mass is 823 g/mol. The third-order valence-corrected chi connectivity index (χ3v) is 5.60. The maximum absolute atomic E-state index is 4.46. The van der Waals surface area contributed by atoms with Crippen molar-refractivity contribution in [2.45, 2.75) is 0 Å². The van der Waals surface area contributed by atoms with Crippen molar-refractivity contribution in [3.8, 4) is 34.0 Å². The second-order valence-electron chi connectivity index (χ2n) is 8.30. The molecule has 0 spiro atoms. The summed E-state index contributed by atoms with van der Waals surface area (Å²) in [4.78, 5) is 20.4. The molecule has 0 fully saturated rings. The molecule has 0 aliphatic heterocycles. The van der Waals surface area contributed by atoms with E-state index in [2.05, 4.69) is 37.1 Å². The molecule has 0 amide bonds. The number of benzene rings is 3. The molecule has 0 saturated heterocycles. The smallest absolute Gasteiger partial charge is 1.00 e. The Morgan fingerprint density at radius 2 is 0.951 bits per heavy atom. The molecule has 4 heterocycles. The molecule has 5 nitrogen and oxygen atoms in total. The van der Waals surface area contributed by atoms with Gasteiger partial charge in [0.25, 0.3) is 0 Å². The van der Waals surface area contributed by atoms with Crippen LogP contribution in [0.5, 0.6) is 0 Å². The van der Waals surface area contributed by atoms with Gasteiger partial charge < -0.3 is 38.9 Å². The Morgan fingerprint density at radius 1 is 0.488 bits per heavy atom. The first-order chi connectivity index (χ1) is 19.4. The fourth-order valence-corrected chi connectivity index (χ4v) is 3.73. The van der Waals surface area contributed by atoms with Crippen molar-refractivity contribution < 1.29 is 44.1 Å². The summed E-state index contributed by atoms with van der Waals surface area (Å²) in [5.41, 5.74) is 6.90. The minimum absolute atomic E-state index is 0. The van der Waals surface area contributed by atoms with Crippen LogP contribution in [0, 0.1) is 12.1 Å². The summed E-state index contributed by atoms with van der Waals surface area (Å²) in [6, 6.07) is 47.4. The molecule has 7 rings (SSSR count). The predicted octanol–water partition coefficient (Wildman–Crippen LogP) is 4.72. The number of H-pyrrole nitrogens is 1. The van der Waals surface area contributed by atoms with Crippen molar-refractivity contribution in [2.75, 3.05) is 0 Å². The first-order valence-electron chi connectivity index (χ1n) is 12.5. The van der Waals surface area contributed by atoms with Crippen LogP contribution in [-0.4, -0.2) is 24.9 Å². The van der Waals surface area contributed by atoms with Crippen LogP contribution < -0.4 is 24.0 Å². The molecule has 0 unspecified atom stereocenters. The molecule has 0 bridgehead atoms. The van der Waals surface area contributed by atoms with E-state index in [1.54, 1.807) is 18.6 Å². The molecule has 41 heavy (non-hydrogen) atoms. The van der Waals surface area contributed by atoms with Crippen LogP contribution in [0.1, 0.15) is 0 Å². The molecule has 1 N–H and O–H groups in total. The minimum atomic E-state index is 0. The van der Waals surface area contributed by atoms with Gasteiger partial charge in [0.2, 0.25) is 0 Å². The number of imidazole rings is 1. The Bertz CT molecular complexity index is 1500. The Balaban J connectivity index is 0.000000167. The summed E-state index contributed by atoms with van der Waals surface area (Å²) in [6.07, 6.45) is 5.34. The zero-order valence-electron chi connectivity index (χ0n) is 21.9. The van der Waals surface area contributed by atoms with Gasteiger partial charge in [0.05, 0.1) is 11.0 Å². The molecule has 0 atom stereocenters. The number of pyridine rings is 3. The van der Waals surface area contributed by atoms with Crippen molar-refractivity contribution >= 4 is 11.0 Å². The van der Waals surface area contributed by atoms with Gasteiger partial charge in [0.15, 0.2) is 5.82 Å². The Hall–Kier alpha value is -4.04. The fourth-order valence-electron chi connectivity index (χ4n) is 3.73. The summed E-state index contributed by atoms with van der Waals surface area (Å²) >= 11 is 0. The number of aromatic amines is 1. The number of hydrogen-bond donors (Lipinski definition) is 1. The van der Waals surface area contributed by atoms with Crippen molar-refractivity contribution in [3.63, 3.8) is 0 Å². The minimum Gasteiger partial charge on any atom is -1.00 e. The third kappa shape index (κ3) is 9.25. The average Bonchev–Trinajstić information content (AvgIpc) is 3.49. The van der Waals surface area contributed by atoms with Gasteiger partial charge in [-0.3, -0.25) is 4.98 Å². The Kier molecular flexibility index (Phi) is 13.0. The zero-order chi connectivity index (χ0) is 26.5. The van der Waals surface area contributed by atoms with Gasteiger partial charge in [-0.1, -0.05) is 42.5 Å². The number of aromatic nitrogens is 5. The van der Waals surface area contributed by atoms with E-state index < -0.39 is 0 Å². The first-order valence-corrected chi connectivity index (χ1v) is 12.5. The van der Waals surface area contributed by atoms with E-state index >= 15 is 0 Å². The molecule has 0 aliphatic carbocycles. The normalized spacial score (nSPS) is 9.56. The summed E-state index contributed by atoms with van der Waals surface area (Å²) in [5, 5.41) is 0. The second-order valence-corrected chi connectivity index (χ2v) is 8.30. The van der Waals surface area contributed by atoms with E-state index in [1.807, 2.05) is 127 Å². The van der Waals surface area contributed by atoms with Crippen LogP contribution in [0.15, 0.2) is 146 Å². The Morgan fingerprint density at radius 3 is 1.39 bits per heavy atom.